The normalized spacial score (nSPS) is 13.2. The highest BCUT2D eigenvalue weighted by atomic mass is 35.5. The second-order valence-electron chi connectivity index (χ2n) is 4.92. The van der Waals surface area contributed by atoms with E-state index in [-0.39, 0.29) is 12.4 Å². The quantitative estimate of drug-likeness (QED) is 0.845. The van der Waals surface area contributed by atoms with Gasteiger partial charge in [-0.15, -0.1) is 0 Å². The molecule has 3 nitrogen and oxygen atoms in total. The fraction of sp³-hybridized carbons (Fsp3) is 0.462. The van der Waals surface area contributed by atoms with Crippen molar-refractivity contribution in [2.24, 2.45) is 5.73 Å². The molecule has 17 heavy (non-hydrogen) atoms. The summed E-state index contributed by atoms with van der Waals surface area (Å²) in [6.07, 6.45) is 0.126. The predicted octanol–water partition coefficient (Wildman–Crippen LogP) is 3.07. The average molecular weight is 256 g/mol. The Morgan fingerprint density at radius 3 is 2.53 bits per heavy atom. The van der Waals surface area contributed by atoms with Crippen molar-refractivity contribution in [3.8, 4) is 0 Å². The maximum Gasteiger partial charge on any atom is 0.308 e. The number of nitrogens with two attached hydrogens (primary N) is 1. The van der Waals surface area contributed by atoms with Crippen molar-refractivity contribution in [1.82, 2.24) is 0 Å². The highest BCUT2D eigenvalue weighted by Gasteiger charge is 2.20. The molecule has 0 saturated heterocycles. The molecule has 0 aliphatic heterocycles. The molecular formula is C13H18ClNO2. The number of benzene rings is 1. The van der Waals surface area contributed by atoms with Crippen LogP contribution < -0.4 is 5.73 Å². The third-order valence-electron chi connectivity index (χ3n) is 2.11. The fourth-order valence-electron chi connectivity index (χ4n) is 1.45. The van der Waals surface area contributed by atoms with Crippen LogP contribution in [-0.4, -0.2) is 11.6 Å². The number of halogens is 1. The van der Waals surface area contributed by atoms with Crippen molar-refractivity contribution in [2.45, 2.75) is 38.8 Å². The molecule has 0 saturated carbocycles. The highest BCUT2D eigenvalue weighted by Crippen LogP contribution is 2.24. The first-order chi connectivity index (χ1) is 7.79. The molecular weight excluding hydrogens is 238 g/mol. The number of carbonyl (C=O) groups is 1. The lowest BCUT2D eigenvalue weighted by molar-refractivity contribution is -0.155. The molecule has 0 bridgehead atoms. The Bertz CT molecular complexity index is 399. The van der Waals surface area contributed by atoms with Crippen LogP contribution in [0, 0.1) is 0 Å². The first-order valence-electron chi connectivity index (χ1n) is 5.51. The molecule has 1 atom stereocenters. The van der Waals surface area contributed by atoms with Gasteiger partial charge in [0.05, 0.1) is 6.42 Å². The molecule has 94 valence electrons. The van der Waals surface area contributed by atoms with Gasteiger partial charge < -0.3 is 10.5 Å². The molecule has 4 heteroatoms. The van der Waals surface area contributed by atoms with E-state index < -0.39 is 11.6 Å². The molecule has 0 heterocycles. The standard InChI is InChI=1S/C13H18ClNO2/c1-13(2,3)17-12(16)8-11(15)9-6-4-5-7-10(9)14/h4-7,11H,8,15H2,1-3H3/t11-/m0/s1. The lowest BCUT2D eigenvalue weighted by atomic mass is 10.0. The average Bonchev–Trinajstić information content (AvgIpc) is 2.14. The molecule has 0 amide bonds. The number of hydrogen-bond donors (Lipinski definition) is 1. The van der Waals surface area contributed by atoms with Gasteiger partial charge in [-0.1, -0.05) is 29.8 Å². The predicted molar refractivity (Wildman–Crippen MR) is 68.8 cm³/mol. The first-order valence-corrected chi connectivity index (χ1v) is 5.89. The molecule has 0 fully saturated rings. The van der Waals surface area contributed by atoms with E-state index in [9.17, 15) is 4.79 Å². The maximum atomic E-state index is 11.6. The molecule has 0 aliphatic rings. The van der Waals surface area contributed by atoms with E-state index in [1.807, 2.05) is 39.0 Å². The Kier molecular flexibility index (Phi) is 4.54. The van der Waals surface area contributed by atoms with Crippen LogP contribution in [0.25, 0.3) is 0 Å². The van der Waals surface area contributed by atoms with Gasteiger partial charge in [0.25, 0.3) is 0 Å². The Labute approximate surface area is 107 Å². The van der Waals surface area contributed by atoms with Gasteiger partial charge >= 0.3 is 5.97 Å². The molecule has 1 rings (SSSR count). The van der Waals surface area contributed by atoms with E-state index in [4.69, 9.17) is 22.1 Å². The molecule has 0 aromatic heterocycles. The number of ether oxygens (including phenoxy) is 1. The summed E-state index contributed by atoms with van der Waals surface area (Å²) in [5, 5.41) is 0.573. The molecule has 0 radical (unpaired) electrons. The van der Waals surface area contributed by atoms with Crippen LogP contribution in [0.4, 0.5) is 0 Å². The largest absolute Gasteiger partial charge is 0.460 e. The van der Waals surface area contributed by atoms with Crippen molar-refractivity contribution in [3.05, 3.63) is 34.9 Å². The van der Waals surface area contributed by atoms with Crippen LogP contribution in [0.1, 0.15) is 38.8 Å². The van der Waals surface area contributed by atoms with Gasteiger partial charge in [-0.2, -0.15) is 0 Å². The summed E-state index contributed by atoms with van der Waals surface area (Å²) in [5.74, 6) is -0.315. The Morgan fingerprint density at radius 2 is 2.00 bits per heavy atom. The van der Waals surface area contributed by atoms with Crippen LogP contribution in [-0.2, 0) is 9.53 Å². The van der Waals surface area contributed by atoms with E-state index in [0.717, 1.165) is 5.56 Å². The highest BCUT2D eigenvalue weighted by molar-refractivity contribution is 6.31. The topological polar surface area (TPSA) is 52.3 Å². The van der Waals surface area contributed by atoms with Crippen LogP contribution in [0.15, 0.2) is 24.3 Å². The van der Waals surface area contributed by atoms with Crippen molar-refractivity contribution in [3.63, 3.8) is 0 Å². The first kappa shape index (κ1) is 14.0. The summed E-state index contributed by atoms with van der Waals surface area (Å²) in [5.41, 5.74) is 6.21. The lowest BCUT2D eigenvalue weighted by Crippen LogP contribution is -2.26. The molecule has 0 spiro atoms. The summed E-state index contributed by atoms with van der Waals surface area (Å²) in [4.78, 5) is 11.6. The van der Waals surface area contributed by atoms with Crippen molar-refractivity contribution in [1.29, 1.82) is 0 Å². The zero-order chi connectivity index (χ0) is 13.1. The minimum absolute atomic E-state index is 0.126. The number of carbonyl (C=O) groups excluding carboxylic acids is 1. The summed E-state index contributed by atoms with van der Waals surface area (Å²) < 4.78 is 5.21. The molecule has 0 unspecified atom stereocenters. The summed E-state index contributed by atoms with van der Waals surface area (Å²) in [6.45, 7) is 5.48. The zero-order valence-electron chi connectivity index (χ0n) is 10.4. The number of hydrogen-bond acceptors (Lipinski definition) is 3. The molecule has 1 aromatic carbocycles. The third kappa shape index (κ3) is 4.75. The Morgan fingerprint density at radius 1 is 1.41 bits per heavy atom. The molecule has 1 aromatic rings. The van der Waals surface area contributed by atoms with Gasteiger partial charge in [0, 0.05) is 11.1 Å². The van der Waals surface area contributed by atoms with Crippen LogP contribution in [0.5, 0.6) is 0 Å². The van der Waals surface area contributed by atoms with E-state index in [1.54, 1.807) is 6.07 Å². The van der Waals surface area contributed by atoms with E-state index >= 15 is 0 Å². The van der Waals surface area contributed by atoms with E-state index in [1.165, 1.54) is 0 Å². The van der Waals surface area contributed by atoms with E-state index in [0.29, 0.717) is 5.02 Å². The maximum absolute atomic E-state index is 11.6. The summed E-state index contributed by atoms with van der Waals surface area (Å²) >= 11 is 6.00. The smallest absolute Gasteiger partial charge is 0.308 e. The Hall–Kier alpha value is -1.06. The van der Waals surface area contributed by atoms with Crippen molar-refractivity contribution < 1.29 is 9.53 Å². The minimum atomic E-state index is -0.489. The van der Waals surface area contributed by atoms with Gasteiger partial charge in [-0.05, 0) is 32.4 Å². The second-order valence-corrected chi connectivity index (χ2v) is 5.33. The van der Waals surface area contributed by atoms with Gasteiger partial charge in [-0.3, -0.25) is 4.79 Å². The monoisotopic (exact) mass is 255 g/mol. The van der Waals surface area contributed by atoms with Gasteiger partial charge in [0.1, 0.15) is 5.60 Å². The third-order valence-corrected chi connectivity index (χ3v) is 2.46. The Balaban J connectivity index is 2.64. The lowest BCUT2D eigenvalue weighted by Gasteiger charge is -2.21. The van der Waals surface area contributed by atoms with E-state index in [2.05, 4.69) is 0 Å². The second kappa shape index (κ2) is 5.52. The van der Waals surface area contributed by atoms with Gasteiger partial charge in [0.15, 0.2) is 0 Å². The number of esters is 1. The van der Waals surface area contributed by atoms with Gasteiger partial charge in [-0.25, -0.2) is 0 Å². The van der Waals surface area contributed by atoms with Crippen molar-refractivity contribution in [2.75, 3.05) is 0 Å². The van der Waals surface area contributed by atoms with Crippen molar-refractivity contribution >= 4 is 17.6 Å². The fourth-order valence-corrected chi connectivity index (χ4v) is 1.72. The van der Waals surface area contributed by atoms with Crippen LogP contribution >= 0.6 is 11.6 Å². The van der Waals surface area contributed by atoms with Crippen LogP contribution in [0.2, 0.25) is 5.02 Å². The minimum Gasteiger partial charge on any atom is -0.460 e. The summed E-state index contributed by atoms with van der Waals surface area (Å²) in [7, 11) is 0. The molecule has 0 aliphatic carbocycles. The zero-order valence-corrected chi connectivity index (χ0v) is 11.1. The molecule has 2 N–H and O–H groups in total. The number of rotatable bonds is 3. The summed E-state index contributed by atoms with van der Waals surface area (Å²) in [6, 6.07) is 6.81. The SMILES string of the molecule is CC(C)(C)OC(=O)C[C@H](N)c1ccccc1Cl. The van der Waals surface area contributed by atoms with Crippen LogP contribution in [0.3, 0.4) is 0 Å². The van der Waals surface area contributed by atoms with Gasteiger partial charge in [0.2, 0.25) is 0 Å².